The van der Waals surface area contributed by atoms with Crippen molar-refractivity contribution in [2.45, 2.75) is 59.1 Å². The van der Waals surface area contributed by atoms with E-state index >= 15 is 0 Å². The van der Waals surface area contributed by atoms with Crippen LogP contribution < -0.4 is 9.47 Å². The number of aryl methyl sites for hydroxylation is 1. The van der Waals surface area contributed by atoms with Gasteiger partial charge in [-0.2, -0.15) is 9.78 Å². The highest BCUT2D eigenvalue weighted by Gasteiger charge is 2.25. The highest BCUT2D eigenvalue weighted by molar-refractivity contribution is 5.90. The molecule has 4 aromatic rings. The van der Waals surface area contributed by atoms with Crippen molar-refractivity contribution in [3.8, 4) is 28.7 Å². The third-order valence-corrected chi connectivity index (χ3v) is 8.88. The first kappa shape index (κ1) is 29.8. The number of fused-ring (bicyclic) bond motifs is 1. The van der Waals surface area contributed by atoms with Crippen LogP contribution in [0.2, 0.25) is 0 Å². The molecule has 0 aliphatic carbocycles. The van der Waals surface area contributed by atoms with E-state index in [1.165, 1.54) is 33.1 Å². The summed E-state index contributed by atoms with van der Waals surface area (Å²) in [6.07, 6.45) is 5.68. The van der Waals surface area contributed by atoms with Crippen LogP contribution in [0.4, 0.5) is 0 Å². The number of pyridine rings is 1. The summed E-state index contributed by atoms with van der Waals surface area (Å²) in [4.78, 5) is 19.2. The zero-order valence-electron chi connectivity index (χ0n) is 25.7. The van der Waals surface area contributed by atoms with Crippen molar-refractivity contribution in [2.75, 3.05) is 32.9 Å². The topological polar surface area (TPSA) is 98.9 Å². The lowest BCUT2D eigenvalue weighted by Crippen LogP contribution is -2.40. The van der Waals surface area contributed by atoms with Crippen molar-refractivity contribution in [1.82, 2.24) is 19.7 Å². The van der Waals surface area contributed by atoms with Gasteiger partial charge in [0.25, 0.3) is 0 Å². The van der Waals surface area contributed by atoms with Gasteiger partial charge in [0.1, 0.15) is 17.9 Å². The Labute approximate surface area is 258 Å². The molecule has 2 aliphatic rings. The number of benzene rings is 2. The van der Waals surface area contributed by atoms with Gasteiger partial charge in [-0.25, -0.2) is 9.78 Å². The lowest BCUT2D eigenvalue weighted by atomic mass is 9.94. The molecule has 1 N–H and O–H groups in total. The van der Waals surface area contributed by atoms with Crippen molar-refractivity contribution >= 4 is 5.97 Å². The number of carboxylic acid groups (broad SMARTS) is 1. The zero-order chi connectivity index (χ0) is 30.6. The fourth-order valence-corrected chi connectivity index (χ4v) is 6.46. The summed E-state index contributed by atoms with van der Waals surface area (Å²) >= 11 is 0. The molecule has 0 atom stereocenters. The summed E-state index contributed by atoms with van der Waals surface area (Å²) < 4.78 is 19.3. The summed E-state index contributed by atoms with van der Waals surface area (Å²) in [5, 5.41) is 13.9. The van der Waals surface area contributed by atoms with E-state index in [1.54, 1.807) is 13.0 Å². The van der Waals surface area contributed by atoms with Crippen LogP contribution in [0.1, 0.15) is 57.9 Å². The molecule has 0 amide bonds. The number of hydrogen-bond donors (Lipinski definition) is 1. The molecule has 230 valence electrons. The molecule has 1 saturated heterocycles. The van der Waals surface area contributed by atoms with Gasteiger partial charge < -0.3 is 19.3 Å². The van der Waals surface area contributed by atoms with Gasteiger partial charge in [-0.15, -0.1) is 0 Å². The van der Waals surface area contributed by atoms with Crippen LogP contribution in [-0.2, 0) is 24.2 Å². The minimum absolute atomic E-state index is 0.00829. The second kappa shape index (κ2) is 13.2. The summed E-state index contributed by atoms with van der Waals surface area (Å²) in [6.45, 7) is 10.8. The monoisotopic (exact) mass is 596 g/mol. The number of carbonyl (C=O) groups is 1. The standard InChI is InChI=1S/C35H40N4O5/c1-4-43-34-30(35(40)41)21-36-39(34)32-10-6-9-31(37-32)29-8-5-7-23(2)33(29)44-22-26-12-11-25-13-17-38(18-14-28(25)24(26)3)27-15-19-42-20-16-27/h5-12,21,27H,4,13-20,22H2,1-3H3,(H,40,41). The predicted octanol–water partition coefficient (Wildman–Crippen LogP) is 5.81. The van der Waals surface area contributed by atoms with E-state index in [2.05, 4.69) is 29.1 Å². The Balaban J connectivity index is 1.24. The molecular formula is C35H40N4O5. The van der Waals surface area contributed by atoms with Crippen LogP contribution in [0.25, 0.3) is 17.1 Å². The van der Waals surface area contributed by atoms with Gasteiger partial charge in [0.2, 0.25) is 5.88 Å². The van der Waals surface area contributed by atoms with Gasteiger partial charge in [-0.1, -0.05) is 30.3 Å². The van der Waals surface area contributed by atoms with Crippen molar-refractivity contribution in [3.05, 3.63) is 88.1 Å². The molecule has 44 heavy (non-hydrogen) atoms. The first-order valence-corrected chi connectivity index (χ1v) is 15.5. The molecule has 2 aromatic heterocycles. The van der Waals surface area contributed by atoms with Gasteiger partial charge in [0.15, 0.2) is 5.82 Å². The Bertz CT molecular complexity index is 1640. The first-order chi connectivity index (χ1) is 21.4. The fraction of sp³-hybridized carbons (Fsp3) is 0.400. The maximum atomic E-state index is 11.7. The molecule has 0 unspecified atom stereocenters. The fourth-order valence-electron chi connectivity index (χ4n) is 6.46. The SMILES string of the molecule is CCOc1c(C(=O)O)cnn1-c1cccc(-c2cccc(C)c2OCc2ccc3c(c2C)CCN(C2CCOCC2)CC3)n1. The van der Waals surface area contributed by atoms with Crippen molar-refractivity contribution < 1.29 is 24.1 Å². The number of hydrogen-bond acceptors (Lipinski definition) is 7. The smallest absolute Gasteiger partial charge is 0.342 e. The molecular weight excluding hydrogens is 556 g/mol. The molecule has 6 rings (SSSR count). The zero-order valence-corrected chi connectivity index (χ0v) is 25.7. The Morgan fingerprint density at radius 1 is 1.02 bits per heavy atom. The maximum absolute atomic E-state index is 11.7. The normalized spacial score (nSPS) is 15.9. The quantitative estimate of drug-likeness (QED) is 0.259. The molecule has 9 heteroatoms. The van der Waals surface area contributed by atoms with E-state index in [0.29, 0.717) is 30.8 Å². The Morgan fingerprint density at radius 3 is 2.61 bits per heavy atom. The summed E-state index contributed by atoms with van der Waals surface area (Å²) in [5.41, 5.74) is 7.99. The Morgan fingerprint density at radius 2 is 1.82 bits per heavy atom. The number of aromatic nitrogens is 3. The van der Waals surface area contributed by atoms with E-state index < -0.39 is 5.97 Å². The molecule has 2 aliphatic heterocycles. The van der Waals surface area contributed by atoms with Crippen molar-refractivity contribution in [2.24, 2.45) is 0 Å². The highest BCUT2D eigenvalue weighted by Crippen LogP contribution is 2.34. The molecule has 1 fully saturated rings. The third-order valence-electron chi connectivity index (χ3n) is 8.88. The lowest BCUT2D eigenvalue weighted by Gasteiger charge is -2.33. The van der Waals surface area contributed by atoms with E-state index in [4.69, 9.17) is 19.2 Å². The largest absolute Gasteiger partial charge is 0.488 e. The average Bonchev–Trinajstić information content (AvgIpc) is 3.34. The lowest BCUT2D eigenvalue weighted by molar-refractivity contribution is 0.0355. The second-order valence-corrected chi connectivity index (χ2v) is 11.5. The van der Waals surface area contributed by atoms with Crippen LogP contribution in [0.15, 0.2) is 54.7 Å². The highest BCUT2D eigenvalue weighted by atomic mass is 16.5. The van der Waals surface area contributed by atoms with Gasteiger partial charge >= 0.3 is 5.97 Å². The second-order valence-electron chi connectivity index (χ2n) is 11.5. The average molecular weight is 597 g/mol. The number of carboxylic acids is 1. The van der Waals surface area contributed by atoms with E-state index in [-0.39, 0.29) is 11.4 Å². The number of para-hydroxylation sites is 1. The van der Waals surface area contributed by atoms with Crippen LogP contribution in [-0.4, -0.2) is 69.7 Å². The third kappa shape index (κ3) is 6.07. The Hall–Kier alpha value is -4.21. The van der Waals surface area contributed by atoms with Crippen molar-refractivity contribution in [1.29, 1.82) is 0 Å². The molecule has 4 heterocycles. The molecule has 9 nitrogen and oxygen atoms in total. The predicted molar refractivity (Wildman–Crippen MR) is 168 cm³/mol. The van der Waals surface area contributed by atoms with Gasteiger partial charge in [0.05, 0.1) is 18.5 Å². The maximum Gasteiger partial charge on any atom is 0.342 e. The van der Waals surface area contributed by atoms with Crippen LogP contribution in [0, 0.1) is 13.8 Å². The number of nitrogens with zero attached hydrogens (tertiary/aromatic N) is 4. The van der Waals surface area contributed by atoms with E-state index in [1.807, 2.05) is 37.3 Å². The first-order valence-electron chi connectivity index (χ1n) is 15.5. The number of ether oxygens (including phenoxy) is 3. The number of rotatable bonds is 9. The molecule has 0 saturated carbocycles. The van der Waals surface area contributed by atoms with Crippen molar-refractivity contribution in [3.63, 3.8) is 0 Å². The van der Waals surface area contributed by atoms with E-state index in [0.717, 1.165) is 68.9 Å². The van der Waals surface area contributed by atoms with Gasteiger partial charge in [0, 0.05) is 37.9 Å². The van der Waals surface area contributed by atoms with Gasteiger partial charge in [-0.05, 0) is 92.5 Å². The minimum Gasteiger partial charge on any atom is -0.488 e. The van der Waals surface area contributed by atoms with E-state index in [9.17, 15) is 9.90 Å². The Kier molecular flexibility index (Phi) is 8.95. The van der Waals surface area contributed by atoms with Crippen LogP contribution in [0.3, 0.4) is 0 Å². The molecule has 0 radical (unpaired) electrons. The minimum atomic E-state index is -1.10. The summed E-state index contributed by atoms with van der Waals surface area (Å²) in [6, 6.07) is 16.8. The van der Waals surface area contributed by atoms with Gasteiger partial charge in [-0.3, -0.25) is 4.90 Å². The summed E-state index contributed by atoms with van der Waals surface area (Å²) in [5.74, 6) is 0.283. The number of aromatic carboxylic acids is 1. The van der Waals surface area contributed by atoms with Crippen LogP contribution >= 0.6 is 0 Å². The molecule has 0 spiro atoms. The summed E-state index contributed by atoms with van der Waals surface area (Å²) in [7, 11) is 0. The molecule has 2 aromatic carbocycles. The molecule has 0 bridgehead atoms. The van der Waals surface area contributed by atoms with Crippen LogP contribution in [0.5, 0.6) is 11.6 Å².